The number of rotatable bonds is 7. The third-order valence-electron chi connectivity index (χ3n) is 4.03. The number of nitrogens with zero attached hydrogens (tertiary/aromatic N) is 4. The van der Waals surface area contributed by atoms with Crippen LogP contribution in [0.1, 0.15) is 12.7 Å². The largest absolute Gasteiger partial charge is 1.00 e. The van der Waals surface area contributed by atoms with Crippen LogP contribution in [-0.2, 0) is 28.8 Å². The van der Waals surface area contributed by atoms with E-state index in [1.54, 1.807) is 0 Å². The standard InChI is InChI=1S/C15H16N6O7S2.Na/c1-5(22)28-3-6-4-29-13-8(12(24)21(13)9(6)14(25)26)17-11(23)7(19-27-2)10-18-15(16)30-20-10;/h8,13H,3-4H2,1-2H3,(H,17,23)(H,25,26)(H2,16,18,20);/q;+1/p-1/t8-,13+;/m1./s1. The summed E-state index contributed by atoms with van der Waals surface area (Å²) in [5.41, 5.74) is 5.09. The minimum absolute atomic E-state index is 0. The van der Waals surface area contributed by atoms with E-state index in [1.165, 1.54) is 25.8 Å². The molecule has 0 unspecified atom stereocenters. The smallest absolute Gasteiger partial charge is 0.543 e. The molecule has 3 heterocycles. The van der Waals surface area contributed by atoms with Crippen molar-refractivity contribution in [2.45, 2.75) is 18.3 Å². The molecule has 1 fully saturated rings. The number of anilines is 1. The molecule has 0 aliphatic carbocycles. The topological polar surface area (TPSA) is 189 Å². The number of amides is 2. The molecule has 3 N–H and O–H groups in total. The minimum Gasteiger partial charge on any atom is -0.543 e. The first kappa shape index (κ1) is 25.1. The Morgan fingerprint density at radius 3 is 2.68 bits per heavy atom. The summed E-state index contributed by atoms with van der Waals surface area (Å²) < 4.78 is 8.73. The number of esters is 1. The predicted octanol–water partition coefficient (Wildman–Crippen LogP) is -5.56. The Morgan fingerprint density at radius 2 is 2.13 bits per heavy atom. The fraction of sp³-hybridized carbons (Fsp3) is 0.400. The van der Waals surface area contributed by atoms with Gasteiger partial charge in [-0.1, -0.05) is 5.16 Å². The SMILES string of the molecule is CON=C(C(=O)N[C@@H]1C(=O)N2C(C(=O)[O-])=C(COC(C)=O)CS[C@@H]12)c1nsc(N)n1.[Na+]. The third-order valence-corrected chi connectivity index (χ3v) is 5.91. The van der Waals surface area contributed by atoms with Crippen molar-refractivity contribution in [1.29, 1.82) is 0 Å². The monoisotopic (exact) mass is 478 g/mol. The van der Waals surface area contributed by atoms with Crippen molar-refractivity contribution in [2.75, 3.05) is 25.2 Å². The van der Waals surface area contributed by atoms with Gasteiger partial charge in [-0.25, -0.2) is 0 Å². The van der Waals surface area contributed by atoms with Gasteiger partial charge >= 0.3 is 35.5 Å². The Kier molecular flexibility index (Phi) is 8.41. The summed E-state index contributed by atoms with van der Waals surface area (Å²) in [4.78, 5) is 57.3. The first-order chi connectivity index (χ1) is 14.2. The van der Waals surface area contributed by atoms with Gasteiger partial charge in [0.1, 0.15) is 25.1 Å². The quantitative estimate of drug-likeness (QED) is 0.125. The molecule has 3 rings (SSSR count). The molecule has 13 nitrogen and oxygen atoms in total. The number of thioether (sulfide) groups is 1. The van der Waals surface area contributed by atoms with Crippen LogP contribution in [0.2, 0.25) is 0 Å². The number of fused-ring (bicyclic) bond motifs is 1. The number of hydrogen-bond acceptors (Lipinski definition) is 13. The average molecular weight is 478 g/mol. The van der Waals surface area contributed by atoms with E-state index >= 15 is 0 Å². The molecule has 2 amide bonds. The van der Waals surface area contributed by atoms with Crippen molar-refractivity contribution >= 4 is 57.9 Å². The summed E-state index contributed by atoms with van der Waals surface area (Å²) in [7, 11) is 1.22. The minimum atomic E-state index is -1.58. The molecular formula is C15H15N6NaO7S2. The van der Waals surface area contributed by atoms with Crippen LogP contribution in [0.3, 0.4) is 0 Å². The van der Waals surface area contributed by atoms with Crippen LogP contribution in [0.5, 0.6) is 0 Å². The van der Waals surface area contributed by atoms with Crippen molar-refractivity contribution in [3.63, 3.8) is 0 Å². The normalized spacial score (nSPS) is 20.3. The third kappa shape index (κ3) is 5.17. The van der Waals surface area contributed by atoms with E-state index in [9.17, 15) is 24.3 Å². The molecule has 0 spiro atoms. The molecule has 1 saturated heterocycles. The van der Waals surface area contributed by atoms with E-state index in [2.05, 4.69) is 24.7 Å². The van der Waals surface area contributed by atoms with Gasteiger partial charge in [0.2, 0.25) is 11.5 Å². The van der Waals surface area contributed by atoms with Gasteiger partial charge in [0.25, 0.3) is 11.8 Å². The summed E-state index contributed by atoms with van der Waals surface area (Å²) in [5, 5.41) is 17.1. The Morgan fingerprint density at radius 1 is 1.42 bits per heavy atom. The van der Waals surface area contributed by atoms with Crippen LogP contribution in [0.15, 0.2) is 16.4 Å². The van der Waals surface area contributed by atoms with Crippen molar-refractivity contribution in [3.05, 3.63) is 17.1 Å². The molecule has 0 saturated carbocycles. The number of carboxylic acids is 1. The Hall–Kier alpha value is -2.20. The molecule has 2 aliphatic rings. The molecule has 0 bridgehead atoms. The number of carbonyl (C=O) groups excluding carboxylic acids is 4. The number of ether oxygens (including phenoxy) is 1. The Bertz CT molecular complexity index is 981. The summed E-state index contributed by atoms with van der Waals surface area (Å²) >= 11 is 2.05. The summed E-state index contributed by atoms with van der Waals surface area (Å²) in [6.45, 7) is 0.906. The number of aromatic nitrogens is 2. The zero-order valence-corrected chi connectivity index (χ0v) is 20.2. The first-order valence-electron chi connectivity index (χ1n) is 8.27. The van der Waals surface area contributed by atoms with E-state index in [-0.39, 0.29) is 69.9 Å². The van der Waals surface area contributed by atoms with Gasteiger partial charge in [-0.3, -0.25) is 19.3 Å². The summed E-state index contributed by atoms with van der Waals surface area (Å²) in [5.74, 6) is -3.53. The van der Waals surface area contributed by atoms with Crippen molar-refractivity contribution in [2.24, 2.45) is 5.16 Å². The van der Waals surface area contributed by atoms with Gasteiger partial charge in [0.15, 0.2) is 5.13 Å². The molecule has 2 aliphatic heterocycles. The number of oxime groups is 1. The maximum Gasteiger partial charge on any atom is 1.00 e. The maximum atomic E-state index is 12.6. The van der Waals surface area contributed by atoms with E-state index in [0.717, 1.165) is 16.4 Å². The Balaban J connectivity index is 0.00000341. The van der Waals surface area contributed by atoms with E-state index in [4.69, 9.17) is 10.5 Å². The molecule has 0 aromatic carbocycles. The molecule has 31 heavy (non-hydrogen) atoms. The Labute approximate surface area is 205 Å². The fourth-order valence-electron chi connectivity index (χ4n) is 2.79. The second-order valence-corrected chi connectivity index (χ2v) is 7.85. The van der Waals surface area contributed by atoms with Gasteiger partial charge in [0.05, 0.1) is 11.7 Å². The predicted molar refractivity (Wildman–Crippen MR) is 102 cm³/mol. The maximum absolute atomic E-state index is 12.6. The first-order valence-corrected chi connectivity index (χ1v) is 10.1. The molecule has 16 heteroatoms. The van der Waals surface area contributed by atoms with Crippen LogP contribution in [0.25, 0.3) is 0 Å². The molecule has 2 atom stereocenters. The van der Waals surface area contributed by atoms with Crippen LogP contribution >= 0.6 is 23.3 Å². The molecule has 0 radical (unpaired) electrons. The van der Waals surface area contributed by atoms with Crippen molar-refractivity contribution in [1.82, 2.24) is 19.6 Å². The number of carboxylic acid groups (broad SMARTS) is 1. The summed E-state index contributed by atoms with van der Waals surface area (Å²) in [6.07, 6.45) is 0. The van der Waals surface area contributed by atoms with Crippen LogP contribution < -0.4 is 45.7 Å². The number of carbonyl (C=O) groups is 4. The number of nitrogens with two attached hydrogens (primary N) is 1. The summed E-state index contributed by atoms with van der Waals surface area (Å²) in [6, 6.07) is -1.02. The number of nitrogens with one attached hydrogen (secondary N) is 1. The molecule has 1 aromatic heterocycles. The van der Waals surface area contributed by atoms with E-state index in [1.807, 2.05) is 0 Å². The molecule has 160 valence electrons. The zero-order valence-electron chi connectivity index (χ0n) is 16.6. The number of aliphatic carboxylic acids is 1. The fourth-order valence-corrected chi connectivity index (χ4v) is 4.55. The number of nitrogen functional groups attached to an aromatic ring is 1. The van der Waals surface area contributed by atoms with Gasteiger partial charge in [-0.05, 0) is 0 Å². The van der Waals surface area contributed by atoms with Crippen molar-refractivity contribution in [3.8, 4) is 0 Å². The zero-order chi connectivity index (χ0) is 22.0. The van der Waals surface area contributed by atoms with Gasteiger partial charge < -0.3 is 30.5 Å². The second kappa shape index (κ2) is 10.4. The number of hydrogen-bond donors (Lipinski definition) is 2. The van der Waals surface area contributed by atoms with Crippen molar-refractivity contribution < 1.29 is 63.4 Å². The molecule has 1 aromatic rings. The van der Waals surface area contributed by atoms with Gasteiger partial charge in [-0.15, -0.1) is 11.8 Å². The average Bonchev–Trinajstić information content (AvgIpc) is 3.13. The van der Waals surface area contributed by atoms with Gasteiger partial charge in [0, 0.05) is 29.8 Å². The van der Waals surface area contributed by atoms with E-state index in [0.29, 0.717) is 0 Å². The molecular weight excluding hydrogens is 463 g/mol. The van der Waals surface area contributed by atoms with Gasteiger partial charge in [-0.2, -0.15) is 9.36 Å². The van der Waals surface area contributed by atoms with Crippen LogP contribution in [0, 0.1) is 0 Å². The number of β-lactam (4-membered cyclic amide) rings is 1. The van der Waals surface area contributed by atoms with E-state index < -0.39 is 35.2 Å². The second-order valence-electron chi connectivity index (χ2n) is 5.96. The van der Waals surface area contributed by atoms with Crippen LogP contribution in [-0.4, -0.2) is 74.6 Å². The van der Waals surface area contributed by atoms with Crippen LogP contribution in [0.4, 0.5) is 5.13 Å².